The molecule has 1 fully saturated rings. The van der Waals surface area contributed by atoms with E-state index in [4.69, 9.17) is 9.72 Å². The summed E-state index contributed by atoms with van der Waals surface area (Å²) >= 11 is 0. The standard InChI is InChI=1S/C27H28FN3O3/c1-18-10-11-23-20(16-18)26(19-6-2-4-8-22(19)29-23)27(33)34-17-25(32)31-14-12-30(13-15-31)24-9-5-3-7-21(24)28/h2-9,18H,10-17H2,1H3. The highest BCUT2D eigenvalue weighted by atomic mass is 19.1. The van der Waals surface area contributed by atoms with Crippen molar-refractivity contribution < 1.29 is 18.7 Å². The van der Waals surface area contributed by atoms with Crippen LogP contribution in [0.25, 0.3) is 10.9 Å². The number of hydrogen-bond acceptors (Lipinski definition) is 5. The predicted octanol–water partition coefficient (Wildman–Crippen LogP) is 4.00. The van der Waals surface area contributed by atoms with E-state index in [-0.39, 0.29) is 18.3 Å². The minimum atomic E-state index is -0.470. The number of rotatable bonds is 4. The molecule has 0 radical (unpaired) electrons. The van der Waals surface area contributed by atoms with E-state index >= 15 is 0 Å². The van der Waals surface area contributed by atoms with Crippen LogP contribution in [0.3, 0.4) is 0 Å². The smallest absolute Gasteiger partial charge is 0.339 e. The number of aryl methyl sites for hydroxylation is 1. The topological polar surface area (TPSA) is 62.7 Å². The van der Waals surface area contributed by atoms with Crippen LogP contribution in [0, 0.1) is 11.7 Å². The molecule has 7 heteroatoms. The Hall–Kier alpha value is -3.48. The van der Waals surface area contributed by atoms with Crippen molar-refractivity contribution in [3.05, 3.63) is 71.2 Å². The van der Waals surface area contributed by atoms with Gasteiger partial charge in [-0.05, 0) is 48.9 Å². The zero-order valence-corrected chi connectivity index (χ0v) is 19.3. The van der Waals surface area contributed by atoms with Gasteiger partial charge in [0, 0.05) is 37.3 Å². The van der Waals surface area contributed by atoms with Gasteiger partial charge in [-0.3, -0.25) is 9.78 Å². The Labute approximate surface area is 198 Å². The molecule has 0 bridgehead atoms. The van der Waals surface area contributed by atoms with Gasteiger partial charge >= 0.3 is 5.97 Å². The Morgan fingerprint density at radius 3 is 2.59 bits per heavy atom. The fourth-order valence-electron chi connectivity index (χ4n) is 4.99. The molecule has 5 rings (SSSR count). The first kappa shape index (κ1) is 22.3. The highest BCUT2D eigenvalue weighted by molar-refractivity contribution is 6.05. The molecule has 1 aliphatic carbocycles. The molecule has 0 N–H and O–H groups in total. The number of carbonyl (C=O) groups excluding carboxylic acids is 2. The van der Waals surface area contributed by atoms with E-state index in [1.54, 1.807) is 23.1 Å². The van der Waals surface area contributed by atoms with Gasteiger partial charge in [0.25, 0.3) is 5.91 Å². The number of esters is 1. The van der Waals surface area contributed by atoms with Gasteiger partial charge in [-0.1, -0.05) is 37.3 Å². The molecule has 1 atom stereocenters. The average molecular weight is 462 g/mol. The summed E-state index contributed by atoms with van der Waals surface area (Å²) in [5.74, 6) is -0.503. The summed E-state index contributed by atoms with van der Waals surface area (Å²) < 4.78 is 19.6. The van der Waals surface area contributed by atoms with Gasteiger partial charge in [-0.15, -0.1) is 0 Å². The van der Waals surface area contributed by atoms with Crippen molar-refractivity contribution in [2.75, 3.05) is 37.7 Å². The lowest BCUT2D eigenvalue weighted by molar-refractivity contribution is -0.134. The Morgan fingerprint density at radius 2 is 1.79 bits per heavy atom. The highest BCUT2D eigenvalue weighted by Crippen LogP contribution is 2.32. The minimum Gasteiger partial charge on any atom is -0.452 e. The Balaban J connectivity index is 1.27. The molecule has 176 valence electrons. The fraction of sp³-hybridized carbons (Fsp3) is 0.370. The molecule has 0 spiro atoms. The summed E-state index contributed by atoms with van der Waals surface area (Å²) in [5, 5.41) is 0.770. The molecule has 2 aromatic carbocycles. The molecule has 6 nitrogen and oxygen atoms in total. The van der Waals surface area contributed by atoms with Crippen molar-refractivity contribution in [2.45, 2.75) is 26.2 Å². The van der Waals surface area contributed by atoms with Crippen molar-refractivity contribution in [1.29, 1.82) is 0 Å². The van der Waals surface area contributed by atoms with Crippen molar-refractivity contribution >= 4 is 28.5 Å². The maximum absolute atomic E-state index is 14.1. The van der Waals surface area contributed by atoms with Crippen LogP contribution in [0.5, 0.6) is 0 Å². The molecule has 1 amide bonds. The maximum atomic E-state index is 14.1. The van der Waals surface area contributed by atoms with Crippen LogP contribution in [0.1, 0.15) is 35.0 Å². The number of pyridine rings is 1. The number of piperazine rings is 1. The lowest BCUT2D eigenvalue weighted by Gasteiger charge is -2.36. The Bertz CT molecular complexity index is 1240. The summed E-state index contributed by atoms with van der Waals surface area (Å²) in [6.45, 7) is 3.84. The Kier molecular flexibility index (Phi) is 6.18. The van der Waals surface area contributed by atoms with E-state index in [1.807, 2.05) is 29.2 Å². The van der Waals surface area contributed by atoms with Crippen molar-refractivity contribution in [1.82, 2.24) is 9.88 Å². The van der Waals surface area contributed by atoms with Gasteiger partial charge in [-0.2, -0.15) is 0 Å². The van der Waals surface area contributed by atoms with E-state index in [2.05, 4.69) is 6.92 Å². The third kappa shape index (κ3) is 4.34. The van der Waals surface area contributed by atoms with Gasteiger partial charge in [0.2, 0.25) is 0 Å². The predicted molar refractivity (Wildman–Crippen MR) is 128 cm³/mol. The molecule has 1 aliphatic heterocycles. The second-order valence-electron chi connectivity index (χ2n) is 9.17. The van der Waals surface area contributed by atoms with E-state index in [0.717, 1.165) is 41.4 Å². The number of ether oxygens (including phenoxy) is 1. The summed E-state index contributed by atoms with van der Waals surface area (Å²) in [6.07, 6.45) is 2.67. The fourth-order valence-corrected chi connectivity index (χ4v) is 4.99. The van der Waals surface area contributed by atoms with Gasteiger partial charge in [-0.25, -0.2) is 9.18 Å². The second kappa shape index (κ2) is 9.41. The molecule has 34 heavy (non-hydrogen) atoms. The number of fused-ring (bicyclic) bond motifs is 2. The van der Waals surface area contributed by atoms with E-state index in [0.29, 0.717) is 43.3 Å². The van der Waals surface area contributed by atoms with Crippen LogP contribution in [-0.4, -0.2) is 54.5 Å². The summed E-state index contributed by atoms with van der Waals surface area (Å²) in [5.41, 5.74) is 3.78. The number of benzene rings is 2. The zero-order chi connectivity index (χ0) is 23.7. The maximum Gasteiger partial charge on any atom is 0.339 e. The molecule has 1 saturated heterocycles. The molecule has 1 unspecified atom stereocenters. The lowest BCUT2D eigenvalue weighted by Crippen LogP contribution is -2.50. The summed E-state index contributed by atoms with van der Waals surface area (Å²) in [7, 11) is 0. The van der Waals surface area contributed by atoms with Gasteiger partial charge in [0.15, 0.2) is 6.61 Å². The first-order valence-electron chi connectivity index (χ1n) is 11.9. The molecular formula is C27H28FN3O3. The quantitative estimate of drug-likeness (QED) is 0.550. The van der Waals surface area contributed by atoms with Gasteiger partial charge in [0.05, 0.1) is 16.8 Å². The SMILES string of the molecule is CC1CCc2nc3ccccc3c(C(=O)OCC(=O)N3CCN(c4ccccc4F)CC3)c2C1. The second-order valence-corrected chi connectivity index (χ2v) is 9.17. The number of amides is 1. The largest absolute Gasteiger partial charge is 0.452 e. The lowest BCUT2D eigenvalue weighted by atomic mass is 9.84. The summed E-state index contributed by atoms with van der Waals surface area (Å²) in [4.78, 5) is 34.4. The highest BCUT2D eigenvalue weighted by Gasteiger charge is 2.28. The number of aromatic nitrogens is 1. The number of para-hydroxylation sites is 2. The van der Waals surface area contributed by atoms with Crippen molar-refractivity contribution in [3.63, 3.8) is 0 Å². The van der Waals surface area contributed by atoms with E-state index in [9.17, 15) is 14.0 Å². The van der Waals surface area contributed by atoms with Crippen LogP contribution < -0.4 is 4.90 Å². The van der Waals surface area contributed by atoms with E-state index in [1.165, 1.54) is 6.07 Å². The number of anilines is 1. The third-order valence-corrected chi connectivity index (χ3v) is 6.86. The molecule has 0 saturated carbocycles. The van der Waals surface area contributed by atoms with Crippen LogP contribution in [-0.2, 0) is 22.4 Å². The van der Waals surface area contributed by atoms with Crippen LogP contribution in [0.15, 0.2) is 48.5 Å². The third-order valence-electron chi connectivity index (χ3n) is 6.86. The van der Waals surface area contributed by atoms with Crippen LogP contribution in [0.4, 0.5) is 10.1 Å². The molecular weight excluding hydrogens is 433 g/mol. The normalized spacial score (nSPS) is 18.0. The van der Waals surface area contributed by atoms with E-state index < -0.39 is 5.97 Å². The number of halogens is 1. The average Bonchev–Trinajstić information content (AvgIpc) is 2.86. The van der Waals surface area contributed by atoms with Gasteiger partial charge in [0.1, 0.15) is 5.82 Å². The molecule has 3 aromatic rings. The Morgan fingerprint density at radius 1 is 1.06 bits per heavy atom. The number of nitrogens with zero attached hydrogens (tertiary/aromatic N) is 3. The van der Waals surface area contributed by atoms with Crippen molar-refractivity contribution in [2.24, 2.45) is 5.92 Å². The minimum absolute atomic E-state index is 0.234. The first-order valence-corrected chi connectivity index (χ1v) is 11.9. The monoisotopic (exact) mass is 461 g/mol. The van der Waals surface area contributed by atoms with Gasteiger partial charge < -0.3 is 14.5 Å². The van der Waals surface area contributed by atoms with Crippen LogP contribution in [0.2, 0.25) is 0 Å². The molecule has 2 heterocycles. The first-order chi connectivity index (χ1) is 16.5. The molecule has 1 aromatic heterocycles. The summed E-state index contributed by atoms with van der Waals surface area (Å²) in [6, 6.07) is 14.2. The molecule has 2 aliphatic rings. The zero-order valence-electron chi connectivity index (χ0n) is 19.3. The number of hydrogen-bond donors (Lipinski definition) is 0. The van der Waals surface area contributed by atoms with Crippen molar-refractivity contribution in [3.8, 4) is 0 Å². The van der Waals surface area contributed by atoms with Crippen LogP contribution >= 0.6 is 0 Å². The number of carbonyl (C=O) groups is 2.